The largest absolute Gasteiger partial charge is 0.306 e. The summed E-state index contributed by atoms with van der Waals surface area (Å²) in [6.07, 6.45) is 7.15. The highest BCUT2D eigenvalue weighted by Crippen LogP contribution is 1.87. The molecule has 0 fully saturated rings. The normalized spacial score (nSPS) is 11.7. The van der Waals surface area contributed by atoms with Crippen molar-refractivity contribution in [2.24, 2.45) is 0 Å². The molecule has 0 aromatic carbocycles. The molecule has 0 saturated heterocycles. The van der Waals surface area contributed by atoms with Gasteiger partial charge in [0.15, 0.2) is 0 Å². The Kier molecular flexibility index (Phi) is 3.83. The summed E-state index contributed by atoms with van der Waals surface area (Å²) in [5, 5.41) is 0. The molecule has 1 heteroatoms. The highest BCUT2D eigenvalue weighted by molar-refractivity contribution is 5.22. The minimum Gasteiger partial charge on any atom is -0.306 e. The van der Waals surface area contributed by atoms with Crippen LogP contribution in [-0.2, 0) is 0 Å². The van der Waals surface area contributed by atoms with Crippen molar-refractivity contribution in [2.45, 2.75) is 6.92 Å². The molecule has 9 heavy (non-hydrogen) atoms. The predicted molar refractivity (Wildman–Crippen MR) is 41.1 cm³/mol. The molecule has 0 aliphatic rings. The third-order valence-corrected chi connectivity index (χ3v) is 0.990. The molecule has 1 nitrogen and oxygen atoms in total. The van der Waals surface area contributed by atoms with Crippen LogP contribution in [0.5, 0.6) is 0 Å². The lowest BCUT2D eigenvalue weighted by Gasteiger charge is -2.03. The fraction of sp³-hybridized carbons (Fsp3) is 0.500. The van der Waals surface area contributed by atoms with Gasteiger partial charge in [0.2, 0.25) is 0 Å². The van der Waals surface area contributed by atoms with Crippen molar-refractivity contribution in [3.05, 3.63) is 11.6 Å². The van der Waals surface area contributed by atoms with Crippen LogP contribution in [0.2, 0.25) is 0 Å². The van der Waals surface area contributed by atoms with Gasteiger partial charge < -0.3 is 4.90 Å². The molecular weight excluding hydrogens is 110 g/mol. The molecular formula is C8H13N. The van der Waals surface area contributed by atoms with Crippen molar-refractivity contribution in [2.75, 3.05) is 20.6 Å². The maximum Gasteiger partial charge on any atom is 0.0168 e. The molecule has 0 heterocycles. The van der Waals surface area contributed by atoms with E-state index in [4.69, 9.17) is 6.42 Å². The first-order valence-electron chi connectivity index (χ1n) is 2.95. The van der Waals surface area contributed by atoms with Crippen molar-refractivity contribution in [3.63, 3.8) is 0 Å². The van der Waals surface area contributed by atoms with Gasteiger partial charge in [0.1, 0.15) is 0 Å². The second kappa shape index (κ2) is 4.17. The first-order chi connectivity index (χ1) is 4.16. The van der Waals surface area contributed by atoms with Crippen LogP contribution < -0.4 is 0 Å². The number of hydrogen-bond donors (Lipinski definition) is 0. The quantitative estimate of drug-likeness (QED) is 0.497. The van der Waals surface area contributed by atoms with Crippen LogP contribution in [0, 0.1) is 12.3 Å². The van der Waals surface area contributed by atoms with E-state index in [1.54, 1.807) is 0 Å². The van der Waals surface area contributed by atoms with E-state index < -0.39 is 0 Å². The lowest BCUT2D eigenvalue weighted by Crippen LogP contribution is -2.10. The average Bonchev–Trinajstić information content (AvgIpc) is 1.83. The summed E-state index contributed by atoms with van der Waals surface area (Å²) in [7, 11) is 4.03. The van der Waals surface area contributed by atoms with Crippen molar-refractivity contribution in [1.82, 2.24) is 4.90 Å². The second-order valence-corrected chi connectivity index (χ2v) is 2.29. The topological polar surface area (TPSA) is 3.24 Å². The monoisotopic (exact) mass is 123 g/mol. The Bertz CT molecular complexity index is 137. The Morgan fingerprint density at radius 3 is 2.56 bits per heavy atom. The molecule has 0 aliphatic carbocycles. The number of rotatable bonds is 2. The van der Waals surface area contributed by atoms with Gasteiger partial charge in [-0.2, -0.15) is 0 Å². The van der Waals surface area contributed by atoms with Gasteiger partial charge in [0.05, 0.1) is 0 Å². The van der Waals surface area contributed by atoms with Gasteiger partial charge in [-0.3, -0.25) is 0 Å². The zero-order chi connectivity index (χ0) is 7.28. The Labute approximate surface area is 57.4 Å². The van der Waals surface area contributed by atoms with Crippen LogP contribution in [-0.4, -0.2) is 25.5 Å². The molecule has 0 unspecified atom stereocenters. The molecule has 0 atom stereocenters. The van der Waals surface area contributed by atoms with Crippen LogP contribution in [0.3, 0.4) is 0 Å². The Hall–Kier alpha value is -0.740. The van der Waals surface area contributed by atoms with Crippen LogP contribution >= 0.6 is 0 Å². The van der Waals surface area contributed by atoms with E-state index in [0.29, 0.717) is 0 Å². The molecule has 0 radical (unpaired) electrons. The molecule has 0 spiro atoms. The second-order valence-electron chi connectivity index (χ2n) is 2.29. The molecule has 0 amide bonds. The van der Waals surface area contributed by atoms with E-state index in [1.807, 2.05) is 27.1 Å². The third-order valence-electron chi connectivity index (χ3n) is 0.990. The van der Waals surface area contributed by atoms with Crippen LogP contribution in [0.15, 0.2) is 11.6 Å². The number of likely N-dealkylation sites (N-methyl/N-ethyl adjacent to an activating group) is 1. The van der Waals surface area contributed by atoms with E-state index in [-0.39, 0.29) is 0 Å². The Morgan fingerprint density at radius 2 is 2.22 bits per heavy atom. The van der Waals surface area contributed by atoms with E-state index in [2.05, 4.69) is 10.8 Å². The lowest BCUT2D eigenvalue weighted by molar-refractivity contribution is 0.456. The summed E-state index contributed by atoms with van der Waals surface area (Å²) < 4.78 is 0. The van der Waals surface area contributed by atoms with Crippen molar-refractivity contribution in [3.8, 4) is 12.3 Å². The van der Waals surface area contributed by atoms with Gasteiger partial charge in [-0.15, -0.1) is 6.42 Å². The standard InChI is InChI=1S/C8H13N/c1-5-8(2)6-7-9(3)4/h1,6H,7H2,2-4H3/b8-6+. The van der Waals surface area contributed by atoms with Crippen LogP contribution in [0.4, 0.5) is 0 Å². The van der Waals surface area contributed by atoms with Gasteiger partial charge >= 0.3 is 0 Å². The molecule has 0 aromatic heterocycles. The van der Waals surface area contributed by atoms with E-state index in [9.17, 15) is 0 Å². The first-order valence-corrected chi connectivity index (χ1v) is 2.95. The minimum atomic E-state index is 0.927. The number of allylic oxidation sites excluding steroid dienone is 1. The predicted octanol–water partition coefficient (Wildman–Crippen LogP) is 1.13. The summed E-state index contributed by atoms with van der Waals surface area (Å²) in [5.74, 6) is 2.55. The van der Waals surface area contributed by atoms with Gasteiger partial charge in [-0.1, -0.05) is 12.0 Å². The first kappa shape index (κ1) is 8.26. The fourth-order valence-corrected chi connectivity index (χ4v) is 0.378. The molecule has 0 rings (SSSR count). The summed E-state index contributed by atoms with van der Waals surface area (Å²) >= 11 is 0. The number of hydrogen-bond acceptors (Lipinski definition) is 1. The highest BCUT2D eigenvalue weighted by atomic mass is 15.0. The maximum atomic E-state index is 5.12. The summed E-state index contributed by atoms with van der Waals surface area (Å²) in [6.45, 7) is 2.86. The van der Waals surface area contributed by atoms with Crippen LogP contribution in [0.1, 0.15) is 6.92 Å². The third kappa shape index (κ3) is 5.13. The minimum absolute atomic E-state index is 0.927. The molecule has 0 N–H and O–H groups in total. The molecule has 0 aromatic rings. The Balaban J connectivity index is 3.60. The van der Waals surface area contributed by atoms with Crippen molar-refractivity contribution in [1.29, 1.82) is 0 Å². The van der Waals surface area contributed by atoms with E-state index >= 15 is 0 Å². The molecule has 0 aliphatic heterocycles. The lowest BCUT2D eigenvalue weighted by atomic mass is 10.3. The summed E-state index contributed by atoms with van der Waals surface area (Å²) in [4.78, 5) is 2.07. The van der Waals surface area contributed by atoms with Gasteiger partial charge in [0.25, 0.3) is 0 Å². The van der Waals surface area contributed by atoms with E-state index in [1.165, 1.54) is 0 Å². The van der Waals surface area contributed by atoms with E-state index in [0.717, 1.165) is 12.1 Å². The zero-order valence-corrected chi connectivity index (χ0v) is 6.31. The van der Waals surface area contributed by atoms with Gasteiger partial charge in [-0.25, -0.2) is 0 Å². The summed E-state index contributed by atoms with van der Waals surface area (Å²) in [6, 6.07) is 0. The highest BCUT2D eigenvalue weighted by Gasteiger charge is 1.83. The molecule has 50 valence electrons. The summed E-state index contributed by atoms with van der Waals surface area (Å²) in [5.41, 5.74) is 1.00. The SMILES string of the molecule is C#C/C(C)=C/CN(C)C. The fourth-order valence-electron chi connectivity index (χ4n) is 0.378. The number of nitrogens with zero attached hydrogens (tertiary/aromatic N) is 1. The smallest absolute Gasteiger partial charge is 0.0168 e. The van der Waals surface area contributed by atoms with Crippen molar-refractivity contribution < 1.29 is 0 Å². The molecule has 0 saturated carbocycles. The molecule has 0 bridgehead atoms. The van der Waals surface area contributed by atoms with Gasteiger partial charge in [-0.05, 0) is 26.6 Å². The average molecular weight is 123 g/mol. The number of terminal acetylenes is 1. The van der Waals surface area contributed by atoms with Crippen molar-refractivity contribution >= 4 is 0 Å². The van der Waals surface area contributed by atoms with Crippen LogP contribution in [0.25, 0.3) is 0 Å². The Morgan fingerprint density at radius 1 is 1.67 bits per heavy atom. The van der Waals surface area contributed by atoms with Gasteiger partial charge in [0, 0.05) is 6.54 Å². The zero-order valence-electron chi connectivity index (χ0n) is 6.31. The maximum absolute atomic E-state index is 5.12.